The smallest absolute Gasteiger partial charge is 0.0547 e. The van der Waals surface area contributed by atoms with Crippen LogP contribution in [0.5, 0.6) is 0 Å². The van der Waals surface area contributed by atoms with Gasteiger partial charge in [-0.3, -0.25) is 0 Å². The van der Waals surface area contributed by atoms with Gasteiger partial charge in [-0.15, -0.1) is 0 Å². The third-order valence-corrected chi connectivity index (χ3v) is 6.38. The summed E-state index contributed by atoms with van der Waals surface area (Å²) >= 11 is 3.54. The van der Waals surface area contributed by atoms with Gasteiger partial charge < -0.3 is 4.57 Å². The lowest BCUT2D eigenvalue weighted by atomic mass is 10.0. The van der Waals surface area contributed by atoms with Gasteiger partial charge in [0.1, 0.15) is 0 Å². The summed E-state index contributed by atoms with van der Waals surface area (Å²) in [6.45, 7) is 0. The minimum absolute atomic E-state index is 1.10. The van der Waals surface area contributed by atoms with Crippen LogP contribution in [-0.4, -0.2) is 4.57 Å². The molecule has 5 aromatic carbocycles. The highest BCUT2D eigenvalue weighted by molar-refractivity contribution is 9.10. The van der Waals surface area contributed by atoms with E-state index in [0.29, 0.717) is 0 Å². The molecule has 6 aromatic rings. The molecule has 1 aromatic heterocycles. The molecule has 0 unspecified atom stereocenters. The van der Waals surface area contributed by atoms with Crippen LogP contribution in [0.4, 0.5) is 0 Å². The predicted octanol–water partition coefficient (Wildman–Crippen LogP) is 8.37. The number of para-hydroxylation sites is 1. The highest BCUT2D eigenvalue weighted by Gasteiger charge is 2.15. The molecule has 142 valence electrons. The molecule has 2 heteroatoms. The van der Waals surface area contributed by atoms with Gasteiger partial charge in [0, 0.05) is 20.9 Å². The van der Waals surface area contributed by atoms with E-state index in [1.807, 2.05) is 0 Å². The zero-order chi connectivity index (χ0) is 20.1. The summed E-state index contributed by atoms with van der Waals surface area (Å²) in [5, 5.41) is 5.16. The minimum atomic E-state index is 1.10. The van der Waals surface area contributed by atoms with E-state index in [2.05, 4.69) is 130 Å². The Labute approximate surface area is 183 Å². The average molecular weight is 448 g/mol. The van der Waals surface area contributed by atoms with Crippen LogP contribution in [0.15, 0.2) is 114 Å². The van der Waals surface area contributed by atoms with Gasteiger partial charge in [-0.05, 0) is 64.4 Å². The Morgan fingerprint density at radius 3 is 2.07 bits per heavy atom. The molecule has 0 saturated heterocycles. The SMILES string of the molecule is Brc1ccc(-c2ccc3c(c2)c2c4ccccc4ccc2n3-c2ccccc2)cc1. The summed E-state index contributed by atoms with van der Waals surface area (Å²) in [4.78, 5) is 0. The van der Waals surface area contributed by atoms with Gasteiger partial charge in [0.05, 0.1) is 11.0 Å². The first kappa shape index (κ1) is 17.5. The molecule has 0 aliphatic rings. The minimum Gasteiger partial charge on any atom is -0.309 e. The van der Waals surface area contributed by atoms with Crippen molar-refractivity contribution in [1.82, 2.24) is 4.57 Å². The fourth-order valence-electron chi connectivity index (χ4n) is 4.47. The molecule has 6 rings (SSSR count). The Balaban J connectivity index is 1.76. The lowest BCUT2D eigenvalue weighted by molar-refractivity contribution is 1.18. The van der Waals surface area contributed by atoms with Crippen molar-refractivity contribution in [3.63, 3.8) is 0 Å². The van der Waals surface area contributed by atoms with Gasteiger partial charge in [-0.2, -0.15) is 0 Å². The van der Waals surface area contributed by atoms with Crippen molar-refractivity contribution in [3.05, 3.63) is 114 Å². The zero-order valence-electron chi connectivity index (χ0n) is 16.2. The summed E-state index contributed by atoms with van der Waals surface area (Å²) in [5.74, 6) is 0. The molecule has 0 aliphatic heterocycles. The molecule has 1 heterocycles. The summed E-state index contributed by atoms with van der Waals surface area (Å²) in [7, 11) is 0. The molecule has 0 atom stereocenters. The number of benzene rings is 5. The van der Waals surface area contributed by atoms with Crippen LogP contribution in [0.25, 0.3) is 49.4 Å². The highest BCUT2D eigenvalue weighted by Crippen LogP contribution is 2.38. The van der Waals surface area contributed by atoms with Crippen molar-refractivity contribution >= 4 is 48.5 Å². The summed E-state index contributed by atoms with van der Waals surface area (Å²) in [6.07, 6.45) is 0. The monoisotopic (exact) mass is 447 g/mol. The van der Waals surface area contributed by atoms with Gasteiger partial charge in [0.2, 0.25) is 0 Å². The second-order valence-electron chi connectivity index (χ2n) is 7.59. The number of hydrogen-bond acceptors (Lipinski definition) is 0. The molecule has 1 nitrogen and oxygen atoms in total. The first-order valence-electron chi connectivity index (χ1n) is 10.1. The van der Waals surface area contributed by atoms with Crippen molar-refractivity contribution in [2.45, 2.75) is 0 Å². The molecule has 0 amide bonds. The zero-order valence-corrected chi connectivity index (χ0v) is 17.8. The lowest BCUT2D eigenvalue weighted by Crippen LogP contribution is -1.93. The Hall–Kier alpha value is -3.36. The van der Waals surface area contributed by atoms with Gasteiger partial charge in [0.15, 0.2) is 0 Å². The second-order valence-corrected chi connectivity index (χ2v) is 8.51. The van der Waals surface area contributed by atoms with Crippen molar-refractivity contribution < 1.29 is 0 Å². The highest BCUT2D eigenvalue weighted by atomic mass is 79.9. The largest absolute Gasteiger partial charge is 0.309 e. The quantitative estimate of drug-likeness (QED) is 0.251. The number of fused-ring (bicyclic) bond motifs is 5. The van der Waals surface area contributed by atoms with E-state index < -0.39 is 0 Å². The van der Waals surface area contributed by atoms with E-state index in [1.54, 1.807) is 0 Å². The fourth-order valence-corrected chi connectivity index (χ4v) is 4.73. The van der Waals surface area contributed by atoms with Gasteiger partial charge in [0.25, 0.3) is 0 Å². The number of hydrogen-bond donors (Lipinski definition) is 0. The summed E-state index contributed by atoms with van der Waals surface area (Å²) in [5.41, 5.74) is 6.11. The molecule has 0 saturated carbocycles. The van der Waals surface area contributed by atoms with E-state index in [0.717, 1.165) is 4.47 Å². The van der Waals surface area contributed by atoms with Crippen LogP contribution in [0.1, 0.15) is 0 Å². The van der Waals surface area contributed by atoms with E-state index >= 15 is 0 Å². The van der Waals surface area contributed by atoms with Crippen molar-refractivity contribution in [2.24, 2.45) is 0 Å². The first-order chi connectivity index (χ1) is 14.8. The van der Waals surface area contributed by atoms with Crippen LogP contribution >= 0.6 is 15.9 Å². The number of nitrogens with zero attached hydrogens (tertiary/aromatic N) is 1. The lowest BCUT2D eigenvalue weighted by Gasteiger charge is -2.08. The third kappa shape index (κ3) is 2.68. The molecular weight excluding hydrogens is 430 g/mol. The van der Waals surface area contributed by atoms with Gasteiger partial charge in [-0.25, -0.2) is 0 Å². The third-order valence-electron chi connectivity index (χ3n) is 5.85. The fraction of sp³-hybridized carbons (Fsp3) is 0. The Morgan fingerprint density at radius 2 is 1.23 bits per heavy atom. The molecule has 0 N–H and O–H groups in total. The second kappa shape index (κ2) is 6.86. The topological polar surface area (TPSA) is 4.93 Å². The summed E-state index contributed by atoms with van der Waals surface area (Å²) in [6, 6.07) is 39.1. The van der Waals surface area contributed by atoms with E-state index in [-0.39, 0.29) is 0 Å². The van der Waals surface area contributed by atoms with Crippen LogP contribution in [0, 0.1) is 0 Å². The Bertz CT molecular complexity index is 1530. The van der Waals surface area contributed by atoms with Crippen molar-refractivity contribution in [2.75, 3.05) is 0 Å². The molecule has 0 spiro atoms. The molecular formula is C28H18BrN. The maximum Gasteiger partial charge on any atom is 0.0547 e. The standard InChI is InChI=1S/C28H18BrN/c29-22-14-10-19(11-15-22)21-13-16-26-25(18-21)28-24-9-5-4-6-20(24)12-17-27(28)30(26)23-7-2-1-3-8-23/h1-18H. The van der Waals surface area contributed by atoms with Crippen LogP contribution < -0.4 is 0 Å². The molecule has 30 heavy (non-hydrogen) atoms. The van der Waals surface area contributed by atoms with Crippen molar-refractivity contribution in [3.8, 4) is 16.8 Å². The summed E-state index contributed by atoms with van der Waals surface area (Å²) < 4.78 is 3.47. The Kier molecular flexibility index (Phi) is 4.00. The number of aromatic nitrogens is 1. The van der Waals surface area contributed by atoms with E-state index in [9.17, 15) is 0 Å². The molecule has 0 aliphatic carbocycles. The van der Waals surface area contributed by atoms with Crippen LogP contribution in [-0.2, 0) is 0 Å². The molecule has 0 fully saturated rings. The Morgan fingerprint density at radius 1 is 0.533 bits per heavy atom. The maximum atomic E-state index is 3.54. The van der Waals surface area contributed by atoms with Crippen LogP contribution in [0.2, 0.25) is 0 Å². The van der Waals surface area contributed by atoms with E-state index in [4.69, 9.17) is 0 Å². The molecule has 0 bridgehead atoms. The molecule has 0 radical (unpaired) electrons. The van der Waals surface area contributed by atoms with E-state index in [1.165, 1.54) is 49.4 Å². The first-order valence-corrected chi connectivity index (χ1v) is 10.9. The van der Waals surface area contributed by atoms with Gasteiger partial charge >= 0.3 is 0 Å². The number of rotatable bonds is 2. The van der Waals surface area contributed by atoms with Crippen LogP contribution in [0.3, 0.4) is 0 Å². The average Bonchev–Trinajstić information content (AvgIpc) is 3.14. The number of halogens is 1. The predicted molar refractivity (Wildman–Crippen MR) is 131 cm³/mol. The van der Waals surface area contributed by atoms with Gasteiger partial charge in [-0.1, -0.05) is 82.7 Å². The maximum absolute atomic E-state index is 3.54. The van der Waals surface area contributed by atoms with Crippen molar-refractivity contribution in [1.29, 1.82) is 0 Å². The normalized spacial score (nSPS) is 11.5.